The maximum Gasteiger partial charge on any atom is 0.352 e. The van der Waals surface area contributed by atoms with E-state index < -0.39 is 41.0 Å². The van der Waals surface area contributed by atoms with Crippen LogP contribution in [0.3, 0.4) is 0 Å². The highest BCUT2D eigenvalue weighted by Gasteiger charge is 2.22. The molecule has 10 heteroatoms. The molecule has 0 unspecified atom stereocenters. The van der Waals surface area contributed by atoms with E-state index in [-0.39, 0.29) is 17.8 Å². The van der Waals surface area contributed by atoms with Crippen molar-refractivity contribution in [3.63, 3.8) is 0 Å². The first-order valence-electron chi connectivity index (χ1n) is 9.45. The van der Waals surface area contributed by atoms with E-state index in [1.54, 1.807) is 6.07 Å². The van der Waals surface area contributed by atoms with Crippen molar-refractivity contribution in [1.29, 1.82) is 0 Å². The highest BCUT2D eigenvalue weighted by Crippen LogP contribution is 2.10. The molecule has 1 amide bonds. The Bertz CT molecular complexity index is 1220. The van der Waals surface area contributed by atoms with Crippen LogP contribution in [0.25, 0.3) is 5.69 Å². The van der Waals surface area contributed by atoms with Gasteiger partial charge in [0.25, 0.3) is 11.5 Å². The molecule has 0 aliphatic heterocycles. The monoisotopic (exact) mass is 429 g/mol. The van der Waals surface area contributed by atoms with Gasteiger partial charge in [0.1, 0.15) is 17.3 Å². The van der Waals surface area contributed by atoms with E-state index in [1.165, 1.54) is 36.4 Å². The largest absolute Gasteiger partial charge is 0.352 e. The summed E-state index contributed by atoms with van der Waals surface area (Å²) >= 11 is 0. The number of para-hydroxylation sites is 1. The van der Waals surface area contributed by atoms with Gasteiger partial charge in [-0.05, 0) is 32.3 Å². The second kappa shape index (κ2) is 9.43. The molecule has 0 aliphatic rings. The molecule has 0 fully saturated rings. The van der Waals surface area contributed by atoms with Crippen LogP contribution in [-0.2, 0) is 6.54 Å². The van der Waals surface area contributed by atoms with E-state index >= 15 is 0 Å². The molecule has 8 nitrogen and oxygen atoms in total. The molecule has 1 aromatic heterocycles. The van der Waals surface area contributed by atoms with Crippen molar-refractivity contribution < 1.29 is 13.6 Å². The summed E-state index contributed by atoms with van der Waals surface area (Å²) < 4.78 is 29.8. The minimum absolute atomic E-state index is 0.0620. The molecule has 0 saturated carbocycles. The average molecular weight is 429 g/mol. The fourth-order valence-corrected chi connectivity index (χ4v) is 2.85. The number of halogens is 2. The Labute approximate surface area is 176 Å². The molecule has 3 rings (SSSR count). The molecule has 0 saturated heterocycles. The zero-order valence-corrected chi connectivity index (χ0v) is 17.0. The first-order chi connectivity index (χ1) is 14.8. The molecule has 0 spiro atoms. The van der Waals surface area contributed by atoms with Crippen molar-refractivity contribution in [2.45, 2.75) is 6.54 Å². The van der Waals surface area contributed by atoms with Crippen LogP contribution in [0, 0.1) is 11.6 Å². The van der Waals surface area contributed by atoms with Crippen molar-refractivity contribution in [2.24, 2.45) is 0 Å². The van der Waals surface area contributed by atoms with Gasteiger partial charge < -0.3 is 10.2 Å². The van der Waals surface area contributed by atoms with Crippen molar-refractivity contribution in [3.8, 4) is 5.69 Å². The van der Waals surface area contributed by atoms with Crippen LogP contribution in [-0.4, -0.2) is 52.3 Å². The van der Waals surface area contributed by atoms with Crippen LogP contribution >= 0.6 is 0 Å². The van der Waals surface area contributed by atoms with Crippen LogP contribution in [0.5, 0.6) is 0 Å². The van der Waals surface area contributed by atoms with Gasteiger partial charge in [0.2, 0.25) is 5.69 Å². The summed E-state index contributed by atoms with van der Waals surface area (Å²) in [5.74, 6) is -2.22. The van der Waals surface area contributed by atoms with Gasteiger partial charge in [-0.25, -0.2) is 13.6 Å². The molecular weight excluding hydrogens is 408 g/mol. The number of carbonyl (C=O) groups excluding carboxylic acids is 1. The predicted molar refractivity (Wildman–Crippen MR) is 110 cm³/mol. The summed E-state index contributed by atoms with van der Waals surface area (Å²) in [7, 11) is 3.62. The molecule has 3 aromatic rings. The smallest absolute Gasteiger partial charge is 0.349 e. The number of rotatable bonds is 7. The van der Waals surface area contributed by atoms with E-state index in [1.807, 2.05) is 19.0 Å². The standard InChI is InChI=1S/C21H21F2N5O3/c1-26(2)12-11-24-19(29)18-20(30)27(13-14-7-3-4-8-15(14)22)21(31)28(25-18)17-10-6-5-9-16(17)23/h3-10H,11-13H2,1-2H3,(H,24,29). The highest BCUT2D eigenvalue weighted by molar-refractivity contribution is 5.91. The zero-order chi connectivity index (χ0) is 22.5. The van der Waals surface area contributed by atoms with E-state index in [0.717, 1.165) is 6.07 Å². The first kappa shape index (κ1) is 22.0. The van der Waals surface area contributed by atoms with Crippen LogP contribution in [0.2, 0.25) is 0 Å². The molecule has 0 radical (unpaired) electrons. The van der Waals surface area contributed by atoms with E-state index in [4.69, 9.17) is 0 Å². The van der Waals surface area contributed by atoms with Gasteiger partial charge in [-0.1, -0.05) is 30.3 Å². The number of carbonyl (C=O) groups is 1. The fourth-order valence-electron chi connectivity index (χ4n) is 2.85. The zero-order valence-electron chi connectivity index (χ0n) is 17.0. The fraction of sp³-hybridized carbons (Fsp3) is 0.238. The van der Waals surface area contributed by atoms with Crippen molar-refractivity contribution in [3.05, 3.63) is 92.3 Å². The quantitative estimate of drug-likeness (QED) is 0.606. The molecule has 0 aliphatic carbocycles. The minimum atomic E-state index is -0.997. The number of likely N-dealkylation sites (N-methyl/N-ethyl adjacent to an activating group) is 1. The molecule has 1 N–H and O–H groups in total. The second-order valence-electron chi connectivity index (χ2n) is 7.04. The Balaban J connectivity index is 2.15. The summed E-state index contributed by atoms with van der Waals surface area (Å²) in [5.41, 5.74) is -2.77. The summed E-state index contributed by atoms with van der Waals surface area (Å²) in [4.78, 5) is 40.3. The average Bonchev–Trinajstić information content (AvgIpc) is 2.73. The Morgan fingerprint density at radius 3 is 2.32 bits per heavy atom. The molecule has 0 atom stereocenters. The first-order valence-corrected chi connectivity index (χ1v) is 9.45. The maximum absolute atomic E-state index is 14.3. The molecular formula is C21H21F2N5O3. The lowest BCUT2D eigenvalue weighted by molar-refractivity contribution is 0.0941. The van der Waals surface area contributed by atoms with Gasteiger partial charge in [-0.2, -0.15) is 9.78 Å². The third kappa shape index (κ3) is 4.92. The van der Waals surface area contributed by atoms with Gasteiger partial charge in [0, 0.05) is 18.7 Å². The number of nitrogens with one attached hydrogen (secondary N) is 1. The molecule has 2 aromatic carbocycles. The lowest BCUT2D eigenvalue weighted by Crippen LogP contribution is -2.46. The lowest BCUT2D eigenvalue weighted by Gasteiger charge is -2.14. The van der Waals surface area contributed by atoms with Crippen LogP contribution < -0.4 is 16.6 Å². The number of benzene rings is 2. The van der Waals surface area contributed by atoms with Crippen LogP contribution in [0.1, 0.15) is 16.1 Å². The summed E-state index contributed by atoms with van der Waals surface area (Å²) in [5, 5.41) is 6.38. The van der Waals surface area contributed by atoms with Gasteiger partial charge in [-0.15, -0.1) is 0 Å². The summed E-state index contributed by atoms with van der Waals surface area (Å²) in [6.45, 7) is 0.278. The molecule has 1 heterocycles. The number of hydrogen-bond donors (Lipinski definition) is 1. The van der Waals surface area contributed by atoms with Crippen molar-refractivity contribution >= 4 is 5.91 Å². The number of amides is 1. The van der Waals surface area contributed by atoms with Crippen LogP contribution in [0.15, 0.2) is 58.1 Å². The Morgan fingerprint density at radius 2 is 1.68 bits per heavy atom. The third-order valence-corrected chi connectivity index (χ3v) is 4.49. The predicted octanol–water partition coefficient (Wildman–Crippen LogP) is 1.01. The minimum Gasteiger partial charge on any atom is -0.349 e. The van der Waals surface area contributed by atoms with E-state index in [2.05, 4.69) is 10.4 Å². The Morgan fingerprint density at radius 1 is 1.03 bits per heavy atom. The van der Waals surface area contributed by atoms with Gasteiger partial charge >= 0.3 is 5.69 Å². The van der Waals surface area contributed by atoms with E-state index in [9.17, 15) is 23.2 Å². The van der Waals surface area contributed by atoms with Crippen LogP contribution in [0.4, 0.5) is 8.78 Å². The summed E-state index contributed by atoms with van der Waals surface area (Å²) in [6, 6.07) is 10.9. The topological polar surface area (TPSA) is 89.2 Å². The number of aromatic nitrogens is 3. The third-order valence-electron chi connectivity index (χ3n) is 4.49. The number of hydrogen-bond acceptors (Lipinski definition) is 5. The van der Waals surface area contributed by atoms with Crippen molar-refractivity contribution in [1.82, 2.24) is 24.6 Å². The molecule has 31 heavy (non-hydrogen) atoms. The van der Waals surface area contributed by atoms with Gasteiger partial charge in [0.05, 0.1) is 6.54 Å². The van der Waals surface area contributed by atoms with E-state index in [0.29, 0.717) is 15.8 Å². The molecule has 0 bridgehead atoms. The molecule has 162 valence electrons. The van der Waals surface area contributed by atoms with Crippen molar-refractivity contribution in [2.75, 3.05) is 27.2 Å². The lowest BCUT2D eigenvalue weighted by atomic mass is 10.2. The van der Waals surface area contributed by atoms with Gasteiger partial charge in [0.15, 0.2) is 0 Å². The Hall–Kier alpha value is -3.66. The maximum atomic E-state index is 14.3. The number of nitrogens with zero attached hydrogens (tertiary/aromatic N) is 4. The SMILES string of the molecule is CN(C)CCNC(=O)c1nn(-c2ccccc2F)c(=O)n(Cc2ccccc2F)c1=O. The second-order valence-corrected chi connectivity index (χ2v) is 7.04. The van der Waals surface area contributed by atoms with Gasteiger partial charge in [-0.3, -0.25) is 14.2 Å². The Kier molecular flexibility index (Phi) is 6.71. The summed E-state index contributed by atoms with van der Waals surface area (Å²) in [6.07, 6.45) is 0. The highest BCUT2D eigenvalue weighted by atomic mass is 19.1. The normalized spacial score (nSPS) is 11.0.